The van der Waals surface area contributed by atoms with Crippen LogP contribution in [0, 0.1) is 6.92 Å². The molecule has 1 saturated heterocycles. The molecule has 34 heavy (non-hydrogen) atoms. The first-order valence-corrected chi connectivity index (χ1v) is 13.8. The van der Waals surface area contributed by atoms with Gasteiger partial charge >= 0.3 is 0 Å². The number of aryl methyl sites for hydroxylation is 1. The van der Waals surface area contributed by atoms with Gasteiger partial charge in [0.1, 0.15) is 16.0 Å². The predicted octanol–water partition coefficient (Wildman–Crippen LogP) is 3.99. The fourth-order valence-electron chi connectivity index (χ4n) is 4.06. The van der Waals surface area contributed by atoms with Gasteiger partial charge in [0.25, 0.3) is 15.9 Å². The molecular weight excluding hydrogens is 492 g/mol. The number of benzene rings is 2. The molecule has 1 amide bonds. The summed E-state index contributed by atoms with van der Waals surface area (Å²) < 4.78 is 33.4. The summed E-state index contributed by atoms with van der Waals surface area (Å²) in [5.41, 5.74) is 2.80. The van der Waals surface area contributed by atoms with Gasteiger partial charge < -0.3 is 10.0 Å². The van der Waals surface area contributed by atoms with Crippen molar-refractivity contribution in [3.8, 4) is 0 Å². The van der Waals surface area contributed by atoms with E-state index in [1.807, 2.05) is 19.1 Å². The number of sulfonamides is 1. The molecule has 176 valence electrons. The maximum atomic E-state index is 13.0. The van der Waals surface area contributed by atoms with Crippen LogP contribution in [-0.2, 0) is 15.6 Å². The lowest BCUT2D eigenvalue weighted by Crippen LogP contribution is -2.44. The monoisotopic (exact) mass is 514 g/mol. The number of carbonyl (C=O) groups is 1. The van der Waals surface area contributed by atoms with Gasteiger partial charge in [-0.25, -0.2) is 13.4 Å². The smallest absolute Gasteiger partial charge is 0.264 e. The number of likely N-dealkylation sites (tertiary alicyclic amines) is 1. The van der Waals surface area contributed by atoms with Gasteiger partial charge in [-0.2, -0.15) is 4.37 Å². The topological polar surface area (TPSA) is 112 Å². The molecule has 2 aromatic heterocycles. The molecule has 0 spiro atoms. The van der Waals surface area contributed by atoms with E-state index in [9.17, 15) is 18.3 Å². The number of para-hydroxylation sites is 1. The van der Waals surface area contributed by atoms with Crippen molar-refractivity contribution in [3.05, 3.63) is 70.2 Å². The summed E-state index contributed by atoms with van der Waals surface area (Å²) in [7, 11) is -3.83. The van der Waals surface area contributed by atoms with E-state index in [0.29, 0.717) is 42.7 Å². The van der Waals surface area contributed by atoms with Gasteiger partial charge in [0.15, 0.2) is 0 Å². The summed E-state index contributed by atoms with van der Waals surface area (Å²) in [5, 5.41) is 11.0. The van der Waals surface area contributed by atoms with Crippen LogP contribution in [0.5, 0.6) is 0 Å². The lowest BCUT2D eigenvalue weighted by molar-refractivity contribution is -0.0183. The van der Waals surface area contributed by atoms with Gasteiger partial charge in [-0.1, -0.05) is 6.07 Å². The number of carbonyl (C=O) groups excluding carboxylic acids is 1. The first-order valence-electron chi connectivity index (χ1n) is 10.7. The maximum Gasteiger partial charge on any atom is 0.264 e. The minimum atomic E-state index is -3.83. The molecule has 0 aliphatic carbocycles. The first kappa shape index (κ1) is 22.9. The van der Waals surface area contributed by atoms with E-state index < -0.39 is 15.6 Å². The molecule has 0 radical (unpaired) electrons. The summed E-state index contributed by atoms with van der Waals surface area (Å²) >= 11 is 2.68. The van der Waals surface area contributed by atoms with Crippen LogP contribution < -0.4 is 4.72 Å². The van der Waals surface area contributed by atoms with E-state index in [1.165, 1.54) is 28.9 Å². The van der Waals surface area contributed by atoms with E-state index in [0.717, 1.165) is 15.3 Å². The molecule has 4 aromatic rings. The number of aliphatic hydroxyl groups is 1. The summed E-state index contributed by atoms with van der Waals surface area (Å²) in [4.78, 5) is 19.8. The molecule has 0 atom stereocenters. The Hall–Kier alpha value is -2.86. The predicted molar refractivity (Wildman–Crippen MR) is 133 cm³/mol. The van der Waals surface area contributed by atoms with Gasteiger partial charge in [-0.3, -0.25) is 9.52 Å². The number of fused-ring (bicyclic) bond motifs is 1. The van der Waals surface area contributed by atoms with Crippen molar-refractivity contribution in [2.24, 2.45) is 0 Å². The summed E-state index contributed by atoms with van der Waals surface area (Å²) in [6, 6.07) is 13.3. The van der Waals surface area contributed by atoms with Gasteiger partial charge in [0.05, 0.1) is 20.8 Å². The molecule has 1 aliphatic heterocycles. The second-order valence-corrected chi connectivity index (χ2v) is 11.6. The Morgan fingerprint density at radius 3 is 2.56 bits per heavy atom. The fraction of sp³-hybridized carbons (Fsp3) is 0.261. The van der Waals surface area contributed by atoms with Gasteiger partial charge in [0.2, 0.25) is 0 Å². The van der Waals surface area contributed by atoms with Crippen molar-refractivity contribution in [3.63, 3.8) is 0 Å². The number of amides is 1. The number of piperidine rings is 1. The number of anilines is 1. The Bertz CT molecular complexity index is 1450. The quantitative estimate of drug-likeness (QED) is 0.417. The van der Waals surface area contributed by atoms with Crippen LogP contribution in [0.1, 0.15) is 33.8 Å². The fourth-order valence-corrected chi connectivity index (χ4v) is 6.95. The molecule has 3 heterocycles. The van der Waals surface area contributed by atoms with E-state index in [2.05, 4.69) is 14.1 Å². The molecule has 0 saturated carbocycles. The highest BCUT2D eigenvalue weighted by Crippen LogP contribution is 2.36. The lowest BCUT2D eigenvalue weighted by Gasteiger charge is -2.37. The first-order chi connectivity index (χ1) is 16.2. The van der Waals surface area contributed by atoms with Crippen LogP contribution in [0.2, 0.25) is 0 Å². The Balaban J connectivity index is 1.26. The summed E-state index contributed by atoms with van der Waals surface area (Å²) in [6.07, 6.45) is 0.890. The van der Waals surface area contributed by atoms with Gasteiger partial charge in [0, 0.05) is 24.3 Å². The second-order valence-electron chi connectivity index (χ2n) is 8.29. The van der Waals surface area contributed by atoms with Crippen molar-refractivity contribution >= 4 is 54.7 Å². The standard InChI is InChI=1S/C23H22N4O4S3/c1-15-13-20(33-25-15)23(29)9-11-27(12-10-23)22(28)16-5-7-17(8-6-16)26-34(30,31)19-4-2-3-18-21(19)24-14-32-18/h2-8,13-14,26,29H,9-12H2,1H3. The van der Waals surface area contributed by atoms with Gasteiger partial charge in [-0.05, 0) is 73.8 Å². The largest absolute Gasteiger partial charge is 0.384 e. The van der Waals surface area contributed by atoms with Crippen LogP contribution in [0.15, 0.2) is 58.9 Å². The highest BCUT2D eigenvalue weighted by Gasteiger charge is 2.37. The molecule has 2 aromatic carbocycles. The third kappa shape index (κ3) is 4.31. The number of thiazole rings is 1. The molecule has 11 heteroatoms. The summed E-state index contributed by atoms with van der Waals surface area (Å²) in [6.45, 7) is 2.75. The average molecular weight is 515 g/mol. The van der Waals surface area contributed by atoms with Crippen molar-refractivity contribution in [2.45, 2.75) is 30.3 Å². The third-order valence-corrected chi connectivity index (χ3v) is 9.24. The van der Waals surface area contributed by atoms with Crippen LogP contribution in [0.3, 0.4) is 0 Å². The van der Waals surface area contributed by atoms with Crippen molar-refractivity contribution in [1.29, 1.82) is 0 Å². The number of hydrogen-bond acceptors (Lipinski definition) is 8. The Labute approximate surface area is 205 Å². The van der Waals surface area contributed by atoms with Gasteiger partial charge in [-0.15, -0.1) is 11.3 Å². The lowest BCUT2D eigenvalue weighted by atomic mass is 9.89. The molecule has 8 nitrogen and oxygen atoms in total. The molecule has 0 bridgehead atoms. The second kappa shape index (κ2) is 8.73. The Morgan fingerprint density at radius 2 is 1.88 bits per heavy atom. The van der Waals surface area contributed by atoms with Crippen LogP contribution >= 0.6 is 22.9 Å². The molecule has 1 aliphatic rings. The highest BCUT2D eigenvalue weighted by atomic mass is 32.2. The minimum absolute atomic E-state index is 0.114. The van der Waals surface area contributed by atoms with Crippen LogP contribution in [-0.4, -0.2) is 46.8 Å². The van der Waals surface area contributed by atoms with E-state index in [1.54, 1.807) is 40.7 Å². The number of rotatable bonds is 5. The minimum Gasteiger partial charge on any atom is -0.384 e. The van der Waals surface area contributed by atoms with Crippen molar-refractivity contribution < 1.29 is 18.3 Å². The SMILES string of the molecule is Cc1cc(C2(O)CCN(C(=O)c3ccc(NS(=O)(=O)c4cccc5scnc45)cc3)CC2)sn1. The Kier molecular flexibility index (Phi) is 5.88. The summed E-state index contributed by atoms with van der Waals surface area (Å²) in [5.74, 6) is -0.149. The molecular formula is C23H22N4O4S3. The maximum absolute atomic E-state index is 13.0. The molecule has 2 N–H and O–H groups in total. The zero-order valence-corrected chi connectivity index (χ0v) is 20.7. The Morgan fingerprint density at radius 1 is 1.15 bits per heavy atom. The molecule has 0 unspecified atom stereocenters. The van der Waals surface area contributed by atoms with Crippen LogP contribution in [0.25, 0.3) is 10.2 Å². The average Bonchev–Trinajstić information content (AvgIpc) is 3.48. The number of aromatic nitrogens is 2. The van der Waals surface area contributed by atoms with Crippen molar-refractivity contribution in [1.82, 2.24) is 14.3 Å². The number of nitrogens with one attached hydrogen (secondary N) is 1. The zero-order valence-electron chi connectivity index (χ0n) is 18.3. The number of hydrogen-bond donors (Lipinski definition) is 2. The highest BCUT2D eigenvalue weighted by molar-refractivity contribution is 7.93. The van der Waals surface area contributed by atoms with Crippen LogP contribution in [0.4, 0.5) is 5.69 Å². The molecule has 5 rings (SSSR count). The number of nitrogens with zero attached hydrogens (tertiary/aromatic N) is 3. The molecule has 1 fully saturated rings. The zero-order chi connectivity index (χ0) is 23.9. The van der Waals surface area contributed by atoms with E-state index in [-0.39, 0.29) is 10.8 Å². The third-order valence-electron chi connectivity index (χ3n) is 5.96. The van der Waals surface area contributed by atoms with E-state index in [4.69, 9.17) is 0 Å². The van der Waals surface area contributed by atoms with E-state index >= 15 is 0 Å². The normalized spacial score (nSPS) is 16.0. The van der Waals surface area contributed by atoms with Crippen molar-refractivity contribution in [2.75, 3.05) is 17.8 Å².